The molecule has 6 heteroatoms. The van der Waals surface area contributed by atoms with Gasteiger partial charge >= 0.3 is 5.97 Å². The monoisotopic (exact) mass is 597 g/mol. The summed E-state index contributed by atoms with van der Waals surface area (Å²) in [5.74, 6) is 0.599. The van der Waals surface area contributed by atoms with Crippen LogP contribution in [0.4, 0.5) is 4.39 Å². The molecule has 1 aliphatic rings. The minimum Gasteiger partial charge on any atom is -0.494 e. The smallest absolute Gasteiger partial charge is 0.332 e. The van der Waals surface area contributed by atoms with E-state index >= 15 is 0 Å². The number of carbonyl (C=O) groups excluding carboxylic acids is 1. The second-order valence-electron chi connectivity index (χ2n) is 12.8. The van der Waals surface area contributed by atoms with E-state index in [1.54, 1.807) is 6.07 Å². The lowest BCUT2D eigenvalue weighted by atomic mass is 9.65. The molecule has 240 valence electrons. The summed E-state index contributed by atoms with van der Waals surface area (Å²) >= 11 is 0. The standard InChI is InChI=1S/C37H56FNO4/c1-6-7-8-9-10-11-12-13-26-42-33-17-14-30(15-18-33)21-24-39(4)25-23-37(43-35(40)28-41-5)22-20-31-27-32(38)16-19-34(31)36(37)29(2)3/h14-19,27,29,36H,6-13,20-26,28H2,1-5H3/t36-,37-/m0/s1. The molecule has 0 bridgehead atoms. The summed E-state index contributed by atoms with van der Waals surface area (Å²) in [7, 11) is 3.64. The van der Waals surface area contributed by atoms with E-state index in [0.717, 1.165) is 49.4 Å². The molecule has 0 unspecified atom stereocenters. The van der Waals surface area contributed by atoms with Gasteiger partial charge in [0.1, 0.15) is 23.8 Å². The van der Waals surface area contributed by atoms with E-state index in [2.05, 4.69) is 57.0 Å². The van der Waals surface area contributed by atoms with Gasteiger partial charge in [0.05, 0.1) is 6.61 Å². The first-order chi connectivity index (χ1) is 20.8. The molecule has 0 heterocycles. The number of hydrogen-bond donors (Lipinski definition) is 0. The highest BCUT2D eigenvalue weighted by Gasteiger charge is 2.47. The summed E-state index contributed by atoms with van der Waals surface area (Å²) in [5, 5.41) is 0. The van der Waals surface area contributed by atoms with Crippen LogP contribution < -0.4 is 4.74 Å². The highest BCUT2D eigenvalue weighted by atomic mass is 19.1. The van der Waals surface area contributed by atoms with Gasteiger partial charge in [0.25, 0.3) is 0 Å². The molecule has 0 saturated carbocycles. The number of fused-ring (bicyclic) bond motifs is 1. The number of halogens is 1. The van der Waals surface area contributed by atoms with Crippen molar-refractivity contribution in [3.05, 3.63) is 65.0 Å². The van der Waals surface area contributed by atoms with E-state index in [-0.39, 0.29) is 30.2 Å². The van der Waals surface area contributed by atoms with Crippen LogP contribution in [0.3, 0.4) is 0 Å². The van der Waals surface area contributed by atoms with Gasteiger partial charge in [-0.15, -0.1) is 0 Å². The SMILES string of the molecule is CCCCCCCCCCOc1ccc(CCN(C)CC[C@@]2(OC(=O)COC)CCc3cc(F)ccc3[C@@H]2C(C)C)cc1. The lowest BCUT2D eigenvalue weighted by Crippen LogP contribution is -2.49. The third-order valence-electron chi connectivity index (χ3n) is 8.96. The number of carbonyl (C=O) groups is 1. The number of hydrogen-bond acceptors (Lipinski definition) is 5. The highest BCUT2D eigenvalue weighted by Crippen LogP contribution is 2.48. The number of nitrogens with zero attached hydrogens (tertiary/aromatic N) is 1. The Bertz CT molecular complexity index is 1090. The van der Waals surface area contributed by atoms with Crippen molar-refractivity contribution in [1.82, 2.24) is 4.90 Å². The Kier molecular flexibility index (Phi) is 15.0. The maximum absolute atomic E-state index is 14.0. The van der Waals surface area contributed by atoms with Gasteiger partial charge in [0.15, 0.2) is 0 Å². The molecule has 43 heavy (non-hydrogen) atoms. The third-order valence-corrected chi connectivity index (χ3v) is 8.96. The molecule has 0 fully saturated rings. The first-order valence-electron chi connectivity index (χ1n) is 16.7. The number of likely N-dealkylation sites (N-methyl/N-ethyl adjacent to an activating group) is 1. The van der Waals surface area contributed by atoms with E-state index in [1.807, 2.05) is 6.07 Å². The Morgan fingerprint density at radius 1 is 1.00 bits per heavy atom. The van der Waals surface area contributed by atoms with Crippen LogP contribution in [-0.4, -0.2) is 56.9 Å². The Labute approximate surface area is 260 Å². The Hall–Kier alpha value is -2.44. The average molecular weight is 598 g/mol. The number of benzene rings is 2. The van der Waals surface area contributed by atoms with Crippen LogP contribution >= 0.6 is 0 Å². The molecule has 0 aliphatic heterocycles. The van der Waals surface area contributed by atoms with Crippen LogP contribution in [-0.2, 0) is 27.1 Å². The summed E-state index contributed by atoms with van der Waals surface area (Å²) in [4.78, 5) is 15.1. The highest BCUT2D eigenvalue weighted by molar-refractivity contribution is 5.71. The van der Waals surface area contributed by atoms with E-state index in [9.17, 15) is 9.18 Å². The first kappa shape index (κ1) is 35.0. The quantitative estimate of drug-likeness (QED) is 0.113. The molecule has 0 amide bonds. The fourth-order valence-electron chi connectivity index (χ4n) is 6.66. The van der Waals surface area contributed by atoms with Crippen molar-refractivity contribution in [2.45, 2.75) is 109 Å². The van der Waals surface area contributed by atoms with Crippen molar-refractivity contribution in [2.24, 2.45) is 5.92 Å². The van der Waals surface area contributed by atoms with Crippen molar-refractivity contribution in [2.75, 3.05) is 40.5 Å². The second kappa shape index (κ2) is 18.4. The van der Waals surface area contributed by atoms with Crippen molar-refractivity contribution >= 4 is 5.97 Å². The number of aryl methyl sites for hydroxylation is 1. The third kappa shape index (κ3) is 11.2. The Morgan fingerprint density at radius 2 is 1.70 bits per heavy atom. The molecule has 1 aliphatic carbocycles. The van der Waals surface area contributed by atoms with Crippen LogP contribution in [0.2, 0.25) is 0 Å². The second-order valence-corrected chi connectivity index (χ2v) is 12.8. The number of ether oxygens (including phenoxy) is 3. The van der Waals surface area contributed by atoms with Crippen LogP contribution in [0.1, 0.15) is 108 Å². The van der Waals surface area contributed by atoms with Crippen LogP contribution in [0.15, 0.2) is 42.5 Å². The summed E-state index contributed by atoms with van der Waals surface area (Å²) < 4.78 is 31.4. The molecule has 0 aromatic heterocycles. The molecular weight excluding hydrogens is 541 g/mol. The first-order valence-corrected chi connectivity index (χ1v) is 16.7. The number of methoxy groups -OCH3 is 1. The van der Waals surface area contributed by atoms with Gasteiger partial charge in [-0.05, 0) is 79.6 Å². The van der Waals surface area contributed by atoms with Crippen LogP contribution in [0.25, 0.3) is 0 Å². The predicted molar refractivity (Wildman–Crippen MR) is 173 cm³/mol. The van der Waals surface area contributed by atoms with Gasteiger partial charge < -0.3 is 19.1 Å². The predicted octanol–water partition coefficient (Wildman–Crippen LogP) is 8.52. The number of unbranched alkanes of at least 4 members (excludes halogenated alkanes) is 7. The maximum Gasteiger partial charge on any atom is 0.332 e. The molecule has 3 rings (SSSR count). The molecule has 0 spiro atoms. The maximum atomic E-state index is 14.0. The van der Waals surface area contributed by atoms with Gasteiger partial charge in [-0.3, -0.25) is 0 Å². The molecule has 2 aromatic carbocycles. The molecular formula is C37H56FNO4. The Morgan fingerprint density at radius 3 is 2.37 bits per heavy atom. The largest absolute Gasteiger partial charge is 0.494 e. The van der Waals surface area contributed by atoms with Gasteiger partial charge in [0, 0.05) is 32.5 Å². The van der Waals surface area contributed by atoms with Gasteiger partial charge in [-0.2, -0.15) is 0 Å². The summed E-state index contributed by atoms with van der Waals surface area (Å²) in [5.41, 5.74) is 2.74. The van der Waals surface area contributed by atoms with Gasteiger partial charge in [0.2, 0.25) is 0 Å². The number of rotatable bonds is 20. The lowest BCUT2D eigenvalue weighted by molar-refractivity contribution is -0.172. The fourth-order valence-corrected chi connectivity index (χ4v) is 6.66. The zero-order chi connectivity index (χ0) is 31.1. The zero-order valence-corrected chi connectivity index (χ0v) is 27.5. The Balaban J connectivity index is 1.50. The van der Waals surface area contributed by atoms with E-state index in [1.165, 1.54) is 63.7 Å². The summed E-state index contributed by atoms with van der Waals surface area (Å²) in [6.07, 6.45) is 13.4. The van der Waals surface area contributed by atoms with Crippen LogP contribution in [0, 0.1) is 11.7 Å². The van der Waals surface area contributed by atoms with Crippen molar-refractivity contribution in [1.29, 1.82) is 0 Å². The van der Waals surface area contributed by atoms with Gasteiger partial charge in [-0.1, -0.05) is 83.9 Å². The van der Waals surface area contributed by atoms with E-state index in [4.69, 9.17) is 14.2 Å². The normalized spacial score (nSPS) is 18.2. The number of esters is 1. The van der Waals surface area contributed by atoms with Crippen molar-refractivity contribution in [3.63, 3.8) is 0 Å². The molecule has 0 radical (unpaired) electrons. The van der Waals surface area contributed by atoms with Crippen LogP contribution in [0.5, 0.6) is 5.75 Å². The minimum atomic E-state index is -0.656. The lowest BCUT2D eigenvalue weighted by Gasteiger charge is -2.47. The molecule has 0 saturated heterocycles. The molecule has 0 N–H and O–H groups in total. The molecule has 5 nitrogen and oxygen atoms in total. The summed E-state index contributed by atoms with van der Waals surface area (Å²) in [6, 6.07) is 13.6. The fraction of sp³-hybridized carbons (Fsp3) is 0.649. The van der Waals surface area contributed by atoms with Gasteiger partial charge in [-0.25, -0.2) is 9.18 Å². The molecule has 2 atom stereocenters. The van der Waals surface area contributed by atoms with E-state index < -0.39 is 5.60 Å². The minimum absolute atomic E-state index is 0.00982. The molecule has 2 aromatic rings. The van der Waals surface area contributed by atoms with Crippen molar-refractivity contribution < 1.29 is 23.4 Å². The zero-order valence-electron chi connectivity index (χ0n) is 27.5. The van der Waals surface area contributed by atoms with E-state index in [0.29, 0.717) is 19.3 Å². The van der Waals surface area contributed by atoms with Crippen molar-refractivity contribution in [3.8, 4) is 5.75 Å². The summed E-state index contributed by atoms with van der Waals surface area (Å²) in [6.45, 7) is 8.98. The average Bonchev–Trinajstić information content (AvgIpc) is 2.98. The topological polar surface area (TPSA) is 48.0 Å².